The highest BCUT2D eigenvalue weighted by atomic mass is 16.5. The van der Waals surface area contributed by atoms with Crippen LogP contribution < -0.4 is 10.6 Å². The van der Waals surface area contributed by atoms with E-state index in [0.29, 0.717) is 73.5 Å². The number of morpholine rings is 1. The third-order valence-electron chi connectivity index (χ3n) is 6.32. The van der Waals surface area contributed by atoms with Crippen LogP contribution in [-0.4, -0.2) is 80.9 Å². The molecular formula is C26H29N9O3. The number of rotatable bonds is 7. The Bertz CT molecular complexity index is 1490. The zero-order chi connectivity index (χ0) is 26.6. The molecule has 3 aromatic heterocycles. The maximum Gasteiger partial charge on any atom is 0.256 e. The highest BCUT2D eigenvalue weighted by Gasteiger charge is 2.28. The van der Waals surface area contributed by atoms with Crippen molar-refractivity contribution < 1.29 is 14.3 Å². The van der Waals surface area contributed by atoms with E-state index in [1.165, 1.54) is 0 Å². The number of imidazole rings is 1. The van der Waals surface area contributed by atoms with Crippen LogP contribution in [0.3, 0.4) is 0 Å². The zero-order valence-corrected chi connectivity index (χ0v) is 21.3. The minimum atomic E-state index is -0.152. The molecule has 3 aromatic rings. The van der Waals surface area contributed by atoms with E-state index in [1.54, 1.807) is 24.2 Å². The number of fused-ring (bicyclic) bond motifs is 2. The van der Waals surface area contributed by atoms with E-state index >= 15 is 0 Å². The number of hydrogen-bond acceptors (Lipinski definition) is 8. The number of allylic oxidation sites excluding steroid dienone is 2. The Morgan fingerprint density at radius 1 is 1.29 bits per heavy atom. The van der Waals surface area contributed by atoms with E-state index in [1.807, 2.05) is 25.1 Å². The first-order chi connectivity index (χ1) is 18.5. The van der Waals surface area contributed by atoms with Crippen LogP contribution in [-0.2, 0) is 14.3 Å². The van der Waals surface area contributed by atoms with Crippen molar-refractivity contribution in [1.29, 1.82) is 0 Å². The molecule has 4 N–H and O–H groups in total. The number of hydrogen-bond donors (Lipinski definition) is 4. The number of nitrogens with one attached hydrogen (secondary N) is 4. The van der Waals surface area contributed by atoms with Crippen LogP contribution in [0.25, 0.3) is 33.7 Å². The Morgan fingerprint density at radius 3 is 2.87 bits per heavy atom. The van der Waals surface area contributed by atoms with Gasteiger partial charge in [-0.15, -0.1) is 0 Å². The molecule has 1 saturated heterocycles. The molecule has 0 atom stereocenters. The first-order valence-electron chi connectivity index (χ1n) is 12.4. The smallest absolute Gasteiger partial charge is 0.256 e. The van der Waals surface area contributed by atoms with Crippen molar-refractivity contribution in [2.24, 2.45) is 4.99 Å². The number of carbonyl (C=O) groups is 2. The second-order valence-electron chi connectivity index (χ2n) is 8.76. The molecule has 0 radical (unpaired) electrons. The number of aromatic amines is 2. The predicted octanol–water partition coefficient (Wildman–Crippen LogP) is 2.49. The lowest BCUT2D eigenvalue weighted by Gasteiger charge is -2.28. The molecule has 0 saturated carbocycles. The standard InChI is InChI=1S/C26H29N9O3/c1-4-16(13-28-15(3)30-20(36)5-2)17-12-19-22(33-34-23(19)29-14-17)25-31-21-18(6-7-27-24(21)32-25)26(37)35-8-10-38-11-9-35/h4,6,12-14,27H,3,5,7-11H2,1-2H3,(H,30,36)(H,31,32)(H,29,33,34)/b16-4+,28-13-. The first kappa shape index (κ1) is 25.1. The quantitative estimate of drug-likeness (QED) is 0.353. The molecule has 38 heavy (non-hydrogen) atoms. The second kappa shape index (κ2) is 10.8. The molecule has 0 bridgehead atoms. The second-order valence-corrected chi connectivity index (χ2v) is 8.76. The van der Waals surface area contributed by atoms with Crippen LogP contribution in [0.5, 0.6) is 0 Å². The topological polar surface area (TPSA) is 153 Å². The largest absolute Gasteiger partial charge is 0.378 e. The summed E-state index contributed by atoms with van der Waals surface area (Å²) in [6.07, 6.45) is 7.45. The average Bonchev–Trinajstić information content (AvgIpc) is 3.57. The maximum absolute atomic E-state index is 13.2. The van der Waals surface area contributed by atoms with Gasteiger partial charge in [0, 0.05) is 44.0 Å². The lowest BCUT2D eigenvalue weighted by molar-refractivity contribution is -0.129. The molecule has 5 rings (SSSR count). The lowest BCUT2D eigenvalue weighted by atomic mass is 10.1. The molecule has 12 nitrogen and oxygen atoms in total. The molecule has 0 aliphatic carbocycles. The summed E-state index contributed by atoms with van der Waals surface area (Å²) in [4.78, 5) is 43.4. The van der Waals surface area contributed by atoms with Gasteiger partial charge in [0.1, 0.15) is 23.0 Å². The lowest BCUT2D eigenvalue weighted by Crippen LogP contribution is -2.41. The Labute approximate surface area is 219 Å². The van der Waals surface area contributed by atoms with Crippen molar-refractivity contribution in [2.75, 3.05) is 38.2 Å². The van der Waals surface area contributed by atoms with Crippen LogP contribution >= 0.6 is 0 Å². The summed E-state index contributed by atoms with van der Waals surface area (Å²) in [5, 5.41) is 14.0. The van der Waals surface area contributed by atoms with Crippen molar-refractivity contribution in [3.8, 4) is 11.5 Å². The number of anilines is 1. The van der Waals surface area contributed by atoms with E-state index in [-0.39, 0.29) is 17.6 Å². The van der Waals surface area contributed by atoms with Gasteiger partial charge in [0.2, 0.25) is 5.91 Å². The number of ether oxygens (including phenoxy) is 1. The van der Waals surface area contributed by atoms with Crippen LogP contribution in [0, 0.1) is 0 Å². The molecule has 0 aromatic carbocycles. The average molecular weight is 516 g/mol. The molecule has 196 valence electrons. The van der Waals surface area contributed by atoms with Gasteiger partial charge in [-0.2, -0.15) is 5.10 Å². The van der Waals surface area contributed by atoms with Crippen molar-refractivity contribution >= 4 is 46.0 Å². The summed E-state index contributed by atoms with van der Waals surface area (Å²) in [5.41, 5.74) is 3.90. The molecule has 2 aliphatic rings. The predicted molar refractivity (Wildman–Crippen MR) is 145 cm³/mol. The fourth-order valence-electron chi connectivity index (χ4n) is 4.27. The molecule has 0 unspecified atom stereocenters. The molecule has 0 spiro atoms. The van der Waals surface area contributed by atoms with Gasteiger partial charge in [0.25, 0.3) is 5.91 Å². The molecule has 2 amide bonds. The molecule has 1 fully saturated rings. The van der Waals surface area contributed by atoms with Gasteiger partial charge < -0.3 is 25.3 Å². The molecular weight excluding hydrogens is 486 g/mol. The summed E-state index contributed by atoms with van der Waals surface area (Å²) < 4.78 is 5.38. The molecule has 12 heteroatoms. The summed E-state index contributed by atoms with van der Waals surface area (Å²) in [6.45, 7) is 10.1. The Hall–Kier alpha value is -4.58. The van der Waals surface area contributed by atoms with Crippen LogP contribution in [0.2, 0.25) is 0 Å². The zero-order valence-electron chi connectivity index (χ0n) is 21.3. The van der Waals surface area contributed by atoms with E-state index in [2.05, 4.69) is 42.4 Å². The van der Waals surface area contributed by atoms with Crippen LogP contribution in [0.1, 0.15) is 31.5 Å². The van der Waals surface area contributed by atoms with Gasteiger partial charge in [0.15, 0.2) is 11.5 Å². The normalized spacial score (nSPS) is 15.8. The third-order valence-corrected chi connectivity index (χ3v) is 6.32. The first-order valence-corrected chi connectivity index (χ1v) is 12.4. The Morgan fingerprint density at radius 2 is 2.11 bits per heavy atom. The minimum absolute atomic E-state index is 0.0568. The number of nitrogens with zero attached hydrogens (tertiary/aromatic N) is 5. The Kier molecular flexibility index (Phi) is 7.13. The SMILES string of the molecule is C=C(/N=C\C(=C/C)c1cnc2[nH]nc(-c3nc4c([nH]3)NCC=C4C(=O)N3CCOCC3)c2c1)NC(=O)CC. The van der Waals surface area contributed by atoms with Gasteiger partial charge >= 0.3 is 0 Å². The number of H-pyrrole nitrogens is 2. The van der Waals surface area contributed by atoms with E-state index < -0.39 is 0 Å². The number of aromatic nitrogens is 5. The fourth-order valence-corrected chi connectivity index (χ4v) is 4.27. The van der Waals surface area contributed by atoms with Crippen molar-refractivity contribution in [3.05, 3.63) is 48.1 Å². The van der Waals surface area contributed by atoms with E-state index in [9.17, 15) is 9.59 Å². The van der Waals surface area contributed by atoms with Gasteiger partial charge in [-0.05, 0) is 18.6 Å². The van der Waals surface area contributed by atoms with Crippen LogP contribution in [0.4, 0.5) is 5.82 Å². The third kappa shape index (κ3) is 4.98. The summed E-state index contributed by atoms with van der Waals surface area (Å²) in [6, 6.07) is 1.94. The number of carbonyl (C=O) groups excluding carboxylic acids is 2. The van der Waals surface area contributed by atoms with E-state index in [0.717, 1.165) is 16.5 Å². The number of pyridine rings is 1. The van der Waals surface area contributed by atoms with Crippen LogP contribution in [0.15, 0.2) is 41.8 Å². The van der Waals surface area contributed by atoms with Crippen molar-refractivity contribution in [2.45, 2.75) is 20.3 Å². The van der Waals surface area contributed by atoms with Gasteiger partial charge in [0.05, 0.1) is 24.2 Å². The Balaban J connectivity index is 1.43. The summed E-state index contributed by atoms with van der Waals surface area (Å²) in [7, 11) is 0. The highest BCUT2D eigenvalue weighted by Crippen LogP contribution is 2.32. The fraction of sp³-hybridized carbons (Fsp3) is 0.308. The van der Waals surface area contributed by atoms with Gasteiger partial charge in [-0.1, -0.05) is 25.7 Å². The number of aliphatic imine (C=N–C) groups is 1. The highest BCUT2D eigenvalue weighted by molar-refractivity contribution is 6.21. The molecule has 2 aliphatic heterocycles. The van der Waals surface area contributed by atoms with Crippen molar-refractivity contribution in [3.63, 3.8) is 0 Å². The molecule has 5 heterocycles. The maximum atomic E-state index is 13.2. The van der Waals surface area contributed by atoms with Gasteiger partial charge in [-0.3, -0.25) is 14.7 Å². The summed E-state index contributed by atoms with van der Waals surface area (Å²) in [5.74, 6) is 1.24. The minimum Gasteiger partial charge on any atom is -0.378 e. The van der Waals surface area contributed by atoms with Crippen molar-refractivity contribution in [1.82, 2.24) is 35.4 Å². The summed E-state index contributed by atoms with van der Waals surface area (Å²) >= 11 is 0. The van der Waals surface area contributed by atoms with E-state index in [4.69, 9.17) is 9.72 Å². The monoisotopic (exact) mass is 515 g/mol. The van der Waals surface area contributed by atoms with Gasteiger partial charge in [-0.25, -0.2) is 15.0 Å². The number of amides is 2.